The summed E-state index contributed by atoms with van der Waals surface area (Å²) in [6, 6.07) is 14.2. The van der Waals surface area contributed by atoms with Crippen LogP contribution in [0.5, 0.6) is 0 Å². The highest BCUT2D eigenvalue weighted by atomic mass is 35.5. The van der Waals surface area contributed by atoms with Crippen molar-refractivity contribution in [3.63, 3.8) is 0 Å². The van der Waals surface area contributed by atoms with Gasteiger partial charge in [0.1, 0.15) is 0 Å². The Morgan fingerprint density at radius 3 is 2.50 bits per heavy atom. The van der Waals surface area contributed by atoms with Gasteiger partial charge >= 0.3 is 0 Å². The fourth-order valence-electron chi connectivity index (χ4n) is 6.19. The van der Waals surface area contributed by atoms with Crippen LogP contribution in [0, 0.1) is 5.41 Å². The predicted molar refractivity (Wildman–Crippen MR) is 131 cm³/mol. The summed E-state index contributed by atoms with van der Waals surface area (Å²) in [5, 5.41) is 1.26. The maximum Gasteiger partial charge on any atom is 0.0598 e. The lowest BCUT2D eigenvalue weighted by Gasteiger charge is -2.60. The highest BCUT2D eigenvalue weighted by Crippen LogP contribution is 2.61. The molecule has 1 fully saturated rings. The third-order valence-electron chi connectivity index (χ3n) is 7.42. The first-order valence-corrected chi connectivity index (χ1v) is 12.5. The molecule has 5 rings (SSSR count). The summed E-state index contributed by atoms with van der Waals surface area (Å²) in [5.41, 5.74) is 5.96. The van der Waals surface area contributed by atoms with Gasteiger partial charge in [0.2, 0.25) is 0 Å². The molecule has 2 heterocycles. The smallest absolute Gasteiger partial charge is 0.0598 e. The molecular weight excluding hydrogens is 409 g/mol. The maximum atomic E-state index is 6.41. The monoisotopic (exact) mass is 443 g/mol. The minimum absolute atomic E-state index is 0.297. The SMILES string of the molecule is CCCCCN1C2CC(C)(C)C(c3c(-c4ccc(Cl)c(Cl)c4)cccc32)C1CCC. The third kappa shape index (κ3) is 3.83. The Morgan fingerprint density at radius 2 is 1.80 bits per heavy atom. The molecule has 162 valence electrons. The average molecular weight is 444 g/mol. The summed E-state index contributed by atoms with van der Waals surface area (Å²) >= 11 is 12.6. The molecule has 1 saturated heterocycles. The van der Waals surface area contributed by atoms with Gasteiger partial charge in [0.05, 0.1) is 10.0 Å². The summed E-state index contributed by atoms with van der Waals surface area (Å²) in [5.74, 6) is 0.546. The summed E-state index contributed by atoms with van der Waals surface area (Å²) in [7, 11) is 0. The largest absolute Gasteiger partial charge is 0.293 e. The summed E-state index contributed by atoms with van der Waals surface area (Å²) in [4.78, 5) is 2.87. The molecule has 2 aliphatic heterocycles. The molecule has 0 saturated carbocycles. The van der Waals surface area contributed by atoms with E-state index < -0.39 is 0 Å². The van der Waals surface area contributed by atoms with Crippen LogP contribution in [-0.2, 0) is 0 Å². The molecule has 2 bridgehead atoms. The van der Waals surface area contributed by atoms with E-state index in [0.29, 0.717) is 33.5 Å². The molecule has 3 aliphatic rings. The zero-order valence-electron chi connectivity index (χ0n) is 18.8. The van der Waals surface area contributed by atoms with E-state index in [2.05, 4.69) is 56.9 Å². The molecule has 3 heteroatoms. The lowest BCUT2D eigenvalue weighted by atomic mass is 9.56. The van der Waals surface area contributed by atoms with Crippen LogP contribution in [0.25, 0.3) is 11.1 Å². The molecule has 0 radical (unpaired) electrons. The number of benzene rings is 2. The molecule has 1 aliphatic carbocycles. The van der Waals surface area contributed by atoms with Crippen molar-refractivity contribution in [3.8, 4) is 11.1 Å². The first-order chi connectivity index (χ1) is 14.4. The molecule has 3 atom stereocenters. The predicted octanol–water partition coefficient (Wildman–Crippen LogP) is 8.89. The van der Waals surface area contributed by atoms with E-state index in [4.69, 9.17) is 23.2 Å². The first-order valence-electron chi connectivity index (χ1n) is 11.7. The van der Waals surface area contributed by atoms with Gasteiger partial charge in [-0.1, -0.05) is 94.4 Å². The molecule has 3 unspecified atom stereocenters. The minimum Gasteiger partial charge on any atom is -0.293 e. The summed E-state index contributed by atoms with van der Waals surface area (Å²) < 4.78 is 0. The number of fused-ring (bicyclic) bond motifs is 2. The van der Waals surface area contributed by atoms with Gasteiger partial charge in [-0.05, 0) is 65.6 Å². The van der Waals surface area contributed by atoms with Crippen molar-refractivity contribution in [1.29, 1.82) is 0 Å². The zero-order valence-corrected chi connectivity index (χ0v) is 20.4. The van der Waals surface area contributed by atoms with E-state index in [1.807, 2.05) is 12.1 Å². The zero-order chi connectivity index (χ0) is 21.5. The standard InChI is InChI=1S/C27H35Cl2N/c1-5-7-8-15-30-23(10-6-2)26-25-19(18-13-14-21(28)22(29)16-18)11-9-12-20(25)24(30)17-27(26,3)4/h9,11-14,16,23-24,26H,5-8,10,15,17H2,1-4H3. The number of piperidine rings is 1. The van der Waals surface area contributed by atoms with Gasteiger partial charge < -0.3 is 0 Å². The Bertz CT molecular complexity index is 904. The van der Waals surface area contributed by atoms with Crippen molar-refractivity contribution in [2.45, 2.75) is 84.2 Å². The maximum absolute atomic E-state index is 6.41. The van der Waals surface area contributed by atoms with E-state index in [1.165, 1.54) is 56.2 Å². The van der Waals surface area contributed by atoms with Crippen molar-refractivity contribution in [1.82, 2.24) is 4.90 Å². The van der Waals surface area contributed by atoms with Gasteiger partial charge in [0.15, 0.2) is 0 Å². The van der Waals surface area contributed by atoms with E-state index >= 15 is 0 Å². The van der Waals surface area contributed by atoms with Gasteiger partial charge in [0.25, 0.3) is 0 Å². The highest BCUT2D eigenvalue weighted by Gasteiger charge is 2.53. The fourth-order valence-corrected chi connectivity index (χ4v) is 6.49. The van der Waals surface area contributed by atoms with Crippen LogP contribution in [0.1, 0.15) is 89.3 Å². The quantitative estimate of drug-likeness (QED) is 0.385. The number of rotatable bonds is 7. The van der Waals surface area contributed by atoms with Gasteiger partial charge in [0, 0.05) is 18.0 Å². The van der Waals surface area contributed by atoms with Crippen LogP contribution >= 0.6 is 23.2 Å². The van der Waals surface area contributed by atoms with Crippen molar-refractivity contribution in [2.75, 3.05) is 6.54 Å². The highest BCUT2D eigenvalue weighted by molar-refractivity contribution is 6.42. The molecule has 0 spiro atoms. The second kappa shape index (κ2) is 8.85. The van der Waals surface area contributed by atoms with Gasteiger partial charge in [-0.25, -0.2) is 0 Å². The Hall–Kier alpha value is -1.02. The summed E-state index contributed by atoms with van der Waals surface area (Å²) in [6.07, 6.45) is 7.67. The van der Waals surface area contributed by atoms with Gasteiger partial charge in [-0.3, -0.25) is 4.90 Å². The molecule has 2 aromatic rings. The molecule has 2 aromatic carbocycles. The molecule has 30 heavy (non-hydrogen) atoms. The van der Waals surface area contributed by atoms with Crippen molar-refractivity contribution in [3.05, 3.63) is 57.6 Å². The topological polar surface area (TPSA) is 3.24 Å². The van der Waals surface area contributed by atoms with Crippen LogP contribution in [0.2, 0.25) is 10.0 Å². The van der Waals surface area contributed by atoms with Gasteiger partial charge in [-0.2, -0.15) is 0 Å². The number of nitrogens with zero attached hydrogens (tertiary/aromatic N) is 1. The van der Waals surface area contributed by atoms with Gasteiger partial charge in [-0.15, -0.1) is 0 Å². The minimum atomic E-state index is 0.297. The number of unbranched alkanes of at least 4 members (excludes halogenated alkanes) is 2. The number of hydrogen-bond donors (Lipinski definition) is 0. The Morgan fingerprint density at radius 1 is 1.00 bits per heavy atom. The van der Waals surface area contributed by atoms with Crippen molar-refractivity contribution >= 4 is 23.2 Å². The number of halogens is 2. The van der Waals surface area contributed by atoms with Crippen molar-refractivity contribution < 1.29 is 0 Å². The lowest BCUT2D eigenvalue weighted by molar-refractivity contribution is -0.0300. The third-order valence-corrected chi connectivity index (χ3v) is 8.16. The average Bonchev–Trinajstić information content (AvgIpc) is 2.71. The van der Waals surface area contributed by atoms with Crippen molar-refractivity contribution in [2.24, 2.45) is 5.41 Å². The van der Waals surface area contributed by atoms with E-state index in [9.17, 15) is 0 Å². The second-order valence-corrected chi connectivity index (χ2v) is 10.7. The lowest BCUT2D eigenvalue weighted by Crippen LogP contribution is -2.56. The second-order valence-electron chi connectivity index (χ2n) is 9.92. The van der Waals surface area contributed by atoms with E-state index in [1.54, 1.807) is 11.1 Å². The van der Waals surface area contributed by atoms with Crippen LogP contribution in [0.3, 0.4) is 0 Å². The Labute approximate surface area is 192 Å². The van der Waals surface area contributed by atoms with E-state index in [0.717, 1.165) is 0 Å². The molecular formula is C27H35Cl2N. The van der Waals surface area contributed by atoms with Crippen LogP contribution in [0.4, 0.5) is 0 Å². The first kappa shape index (κ1) is 22.2. The molecule has 0 aromatic heterocycles. The molecule has 1 nitrogen and oxygen atoms in total. The summed E-state index contributed by atoms with van der Waals surface area (Å²) in [6.45, 7) is 10.8. The number of hydrogen-bond acceptors (Lipinski definition) is 1. The van der Waals surface area contributed by atoms with Crippen LogP contribution in [0.15, 0.2) is 36.4 Å². The Balaban J connectivity index is 1.85. The van der Waals surface area contributed by atoms with Crippen LogP contribution in [-0.4, -0.2) is 17.5 Å². The molecule has 0 N–H and O–H groups in total. The fraction of sp³-hybridized carbons (Fsp3) is 0.556. The normalized spacial score (nSPS) is 24.8. The Kier molecular flexibility index (Phi) is 6.54. The van der Waals surface area contributed by atoms with Crippen LogP contribution < -0.4 is 0 Å². The van der Waals surface area contributed by atoms with E-state index in [-0.39, 0.29) is 0 Å². The molecule has 0 amide bonds.